The Bertz CT molecular complexity index is 869. The van der Waals surface area contributed by atoms with E-state index in [1.807, 2.05) is 0 Å². The largest absolute Gasteiger partial charge is 0.416 e. The van der Waals surface area contributed by atoms with Gasteiger partial charge >= 0.3 is 6.18 Å². The number of hydrogen-bond acceptors (Lipinski definition) is 4. The van der Waals surface area contributed by atoms with Gasteiger partial charge in [0.05, 0.1) is 5.56 Å². The van der Waals surface area contributed by atoms with E-state index in [1.54, 1.807) is 0 Å². The van der Waals surface area contributed by atoms with Crippen LogP contribution in [0.3, 0.4) is 0 Å². The fraction of sp³-hybridized carbons (Fsp3) is 0.565. The van der Waals surface area contributed by atoms with Gasteiger partial charge in [0.2, 0.25) is 0 Å². The van der Waals surface area contributed by atoms with E-state index in [2.05, 4.69) is 36.1 Å². The topological polar surface area (TPSA) is 58.4 Å². The molecule has 0 atom stereocenters. The van der Waals surface area contributed by atoms with Crippen LogP contribution in [0.5, 0.6) is 0 Å². The maximum Gasteiger partial charge on any atom is 0.416 e. The molecule has 1 amide bonds. The van der Waals surface area contributed by atoms with Gasteiger partial charge in [-0.3, -0.25) is 9.69 Å². The molecule has 0 spiro atoms. The summed E-state index contributed by atoms with van der Waals surface area (Å²) in [6.07, 6.45) is 0.584. The molecule has 1 heterocycles. The lowest BCUT2D eigenvalue weighted by molar-refractivity contribution is -0.137. The summed E-state index contributed by atoms with van der Waals surface area (Å²) in [6.45, 7) is 7.46. The van der Waals surface area contributed by atoms with Crippen molar-refractivity contribution in [1.29, 1.82) is 0 Å². The van der Waals surface area contributed by atoms with Gasteiger partial charge in [-0.05, 0) is 51.8 Å². The summed E-state index contributed by atoms with van der Waals surface area (Å²) in [5.74, 6) is 0.0519. The Kier molecular flexibility index (Phi) is 7.41. The molecule has 8 heteroatoms. The number of carbonyl (C=O) groups is 1. The number of carbonyl (C=O) groups excluding carboxylic acids is 1. The molecule has 5 nitrogen and oxygen atoms in total. The molecule has 31 heavy (non-hydrogen) atoms. The Morgan fingerprint density at radius 3 is 2.42 bits per heavy atom. The Hall–Kier alpha value is -2.35. The number of halogens is 3. The van der Waals surface area contributed by atoms with Gasteiger partial charge in [-0.1, -0.05) is 37.1 Å². The molecule has 1 saturated carbocycles. The van der Waals surface area contributed by atoms with Gasteiger partial charge in [0.25, 0.3) is 5.91 Å². The Morgan fingerprint density at radius 2 is 1.87 bits per heavy atom. The van der Waals surface area contributed by atoms with Crippen molar-refractivity contribution in [3.05, 3.63) is 41.1 Å². The normalized spacial score (nSPS) is 15.2. The predicted molar refractivity (Wildman–Crippen MR) is 113 cm³/mol. The van der Waals surface area contributed by atoms with Crippen LogP contribution in [-0.2, 0) is 12.7 Å². The zero-order valence-corrected chi connectivity index (χ0v) is 18.3. The van der Waals surface area contributed by atoms with Crippen molar-refractivity contribution in [2.75, 3.05) is 6.54 Å². The number of nitrogens with zero attached hydrogens (tertiary/aromatic N) is 2. The summed E-state index contributed by atoms with van der Waals surface area (Å²) in [5.41, 5.74) is 0.558. The second-order valence-electron chi connectivity index (χ2n) is 8.43. The smallest absolute Gasteiger partial charge is 0.355 e. The van der Waals surface area contributed by atoms with E-state index in [9.17, 15) is 18.0 Å². The maximum absolute atomic E-state index is 13.0. The molecule has 0 aliphatic heterocycles. The number of benzene rings is 1. The fourth-order valence-corrected chi connectivity index (χ4v) is 4.01. The lowest BCUT2D eigenvalue weighted by atomic mass is 10.0. The molecule has 1 aliphatic rings. The maximum atomic E-state index is 13.0. The van der Waals surface area contributed by atoms with E-state index in [0.717, 1.165) is 50.8 Å². The summed E-state index contributed by atoms with van der Waals surface area (Å²) < 4.78 is 44.4. The zero-order valence-electron chi connectivity index (χ0n) is 18.3. The molecular formula is C23H30F3N3O2. The second-order valence-corrected chi connectivity index (χ2v) is 8.43. The number of alkyl halides is 3. The van der Waals surface area contributed by atoms with E-state index < -0.39 is 11.7 Å². The summed E-state index contributed by atoms with van der Waals surface area (Å²) in [7, 11) is 0. The van der Waals surface area contributed by atoms with Gasteiger partial charge < -0.3 is 9.84 Å². The van der Waals surface area contributed by atoms with Crippen molar-refractivity contribution < 1.29 is 22.5 Å². The van der Waals surface area contributed by atoms with E-state index in [-0.39, 0.29) is 23.7 Å². The zero-order chi connectivity index (χ0) is 22.6. The molecule has 0 unspecified atom stereocenters. The van der Waals surface area contributed by atoms with Gasteiger partial charge in [-0.15, -0.1) is 0 Å². The van der Waals surface area contributed by atoms with Crippen LogP contribution in [0.15, 0.2) is 28.8 Å². The first-order valence-electron chi connectivity index (χ1n) is 10.9. The van der Waals surface area contributed by atoms with Crippen molar-refractivity contribution in [2.24, 2.45) is 0 Å². The minimum absolute atomic E-state index is 0.128. The van der Waals surface area contributed by atoms with Crippen LogP contribution < -0.4 is 5.32 Å². The SMILES string of the molecule is CCCN(Cc1c(C(=O)NC2CCCC2)noc1-c1ccc(C(F)(F)F)cc1)C(C)C. The highest BCUT2D eigenvalue weighted by Crippen LogP contribution is 2.33. The third kappa shape index (κ3) is 5.67. The highest BCUT2D eigenvalue weighted by atomic mass is 19.4. The molecule has 0 radical (unpaired) electrons. The molecule has 0 saturated heterocycles. The van der Waals surface area contributed by atoms with Gasteiger partial charge in [-0.2, -0.15) is 13.2 Å². The number of aromatic nitrogens is 1. The van der Waals surface area contributed by atoms with E-state index >= 15 is 0 Å². The van der Waals surface area contributed by atoms with Gasteiger partial charge in [0.1, 0.15) is 0 Å². The molecule has 1 fully saturated rings. The van der Waals surface area contributed by atoms with E-state index in [1.165, 1.54) is 12.1 Å². The minimum atomic E-state index is -4.41. The number of amides is 1. The first-order chi connectivity index (χ1) is 14.7. The summed E-state index contributed by atoms with van der Waals surface area (Å²) in [5, 5.41) is 7.08. The van der Waals surface area contributed by atoms with Crippen LogP contribution >= 0.6 is 0 Å². The molecule has 170 valence electrons. The van der Waals surface area contributed by atoms with Crippen LogP contribution in [0.1, 0.15) is 74.5 Å². The van der Waals surface area contributed by atoms with Crippen molar-refractivity contribution >= 4 is 5.91 Å². The fourth-order valence-electron chi connectivity index (χ4n) is 4.01. The molecule has 1 N–H and O–H groups in total. The second kappa shape index (κ2) is 9.85. The standard InChI is InChI=1S/C23H30F3N3O2/c1-4-13-29(15(2)3)14-19-20(22(30)27-18-7-5-6-8-18)28-31-21(19)16-9-11-17(12-10-16)23(24,25)26/h9-12,15,18H,4-8,13-14H2,1-3H3,(H,27,30). The quantitative estimate of drug-likeness (QED) is 0.580. The van der Waals surface area contributed by atoms with Gasteiger partial charge in [0.15, 0.2) is 11.5 Å². The molecule has 2 aromatic rings. The summed E-state index contributed by atoms with van der Waals surface area (Å²) >= 11 is 0. The molecule has 1 aromatic heterocycles. The summed E-state index contributed by atoms with van der Waals surface area (Å²) in [4.78, 5) is 15.2. The van der Waals surface area contributed by atoms with Crippen LogP contribution in [0.4, 0.5) is 13.2 Å². The number of rotatable bonds is 8. The minimum Gasteiger partial charge on any atom is -0.355 e. The molecule has 1 aliphatic carbocycles. The van der Waals surface area contributed by atoms with Gasteiger partial charge in [0, 0.05) is 29.8 Å². The van der Waals surface area contributed by atoms with E-state index in [4.69, 9.17) is 4.52 Å². The Balaban J connectivity index is 1.95. The molecule has 3 rings (SSSR count). The Labute approximate surface area is 181 Å². The Morgan fingerprint density at radius 1 is 1.23 bits per heavy atom. The third-order valence-corrected chi connectivity index (χ3v) is 5.77. The van der Waals surface area contributed by atoms with Crippen LogP contribution in [0.25, 0.3) is 11.3 Å². The van der Waals surface area contributed by atoms with Crippen LogP contribution in [0, 0.1) is 0 Å². The molecular weight excluding hydrogens is 407 g/mol. The first kappa shape index (κ1) is 23.3. The predicted octanol–water partition coefficient (Wildman–Crippen LogP) is 5.65. The lowest BCUT2D eigenvalue weighted by Gasteiger charge is -2.26. The average molecular weight is 438 g/mol. The number of nitrogens with one attached hydrogen (secondary N) is 1. The van der Waals surface area contributed by atoms with Crippen molar-refractivity contribution in [2.45, 2.75) is 77.7 Å². The first-order valence-corrected chi connectivity index (χ1v) is 10.9. The average Bonchev–Trinajstić information content (AvgIpc) is 3.36. The van der Waals surface area contributed by atoms with Crippen molar-refractivity contribution in [1.82, 2.24) is 15.4 Å². The van der Waals surface area contributed by atoms with Crippen LogP contribution in [0.2, 0.25) is 0 Å². The monoisotopic (exact) mass is 437 g/mol. The van der Waals surface area contributed by atoms with Gasteiger partial charge in [-0.25, -0.2) is 0 Å². The van der Waals surface area contributed by atoms with E-state index in [0.29, 0.717) is 23.4 Å². The highest BCUT2D eigenvalue weighted by molar-refractivity contribution is 5.95. The highest BCUT2D eigenvalue weighted by Gasteiger charge is 2.31. The van der Waals surface area contributed by atoms with Crippen LogP contribution in [-0.4, -0.2) is 34.6 Å². The lowest BCUT2D eigenvalue weighted by Crippen LogP contribution is -2.35. The van der Waals surface area contributed by atoms with Crippen molar-refractivity contribution in [3.8, 4) is 11.3 Å². The third-order valence-electron chi connectivity index (χ3n) is 5.77. The van der Waals surface area contributed by atoms with Crippen molar-refractivity contribution in [3.63, 3.8) is 0 Å². The molecule has 0 bridgehead atoms. The molecule has 1 aromatic carbocycles. The summed E-state index contributed by atoms with van der Waals surface area (Å²) in [6, 6.07) is 5.12. The number of hydrogen-bond donors (Lipinski definition) is 1.